The molecule has 3 rings (SSSR count). The van der Waals surface area contributed by atoms with Crippen molar-refractivity contribution < 1.29 is 13.7 Å². The molecule has 0 amide bonds. The van der Waals surface area contributed by atoms with E-state index in [1.54, 1.807) is 24.5 Å². The lowest BCUT2D eigenvalue weighted by atomic mass is 10.2. The van der Waals surface area contributed by atoms with Crippen molar-refractivity contribution in [1.29, 1.82) is 0 Å². The third kappa shape index (κ3) is 3.86. The Morgan fingerprint density at radius 1 is 1.15 bits per heavy atom. The van der Waals surface area contributed by atoms with E-state index < -0.39 is 22.2 Å². The van der Waals surface area contributed by atoms with E-state index in [9.17, 15) is 18.9 Å². The van der Waals surface area contributed by atoms with E-state index in [1.807, 2.05) is 0 Å². The molecule has 0 aliphatic rings. The van der Waals surface area contributed by atoms with Crippen LogP contribution in [0.4, 0.5) is 31.8 Å². The Balaban J connectivity index is 1.91. The molecular formula is C16H12F2N6O2. The Labute approximate surface area is 146 Å². The van der Waals surface area contributed by atoms with Crippen molar-refractivity contribution in [2.24, 2.45) is 0 Å². The van der Waals surface area contributed by atoms with Gasteiger partial charge < -0.3 is 10.6 Å². The van der Waals surface area contributed by atoms with E-state index in [2.05, 4.69) is 25.6 Å². The van der Waals surface area contributed by atoms with Crippen molar-refractivity contribution >= 4 is 23.0 Å². The van der Waals surface area contributed by atoms with Crippen LogP contribution in [-0.4, -0.2) is 19.9 Å². The van der Waals surface area contributed by atoms with Gasteiger partial charge in [-0.1, -0.05) is 6.07 Å². The molecule has 132 valence electrons. The summed E-state index contributed by atoms with van der Waals surface area (Å²) in [7, 11) is 0. The fourth-order valence-corrected chi connectivity index (χ4v) is 2.18. The molecule has 0 saturated heterocycles. The monoisotopic (exact) mass is 358 g/mol. The molecule has 0 radical (unpaired) electrons. The standard InChI is InChI=1S/C16H12F2N6O2/c17-11-3-4-12(18)13(6-11)23-16-14(24(25)26)15(21-9-22-16)20-8-10-2-1-5-19-7-10/h1-7,9H,8H2,(H2,20,21,22,23). The lowest BCUT2D eigenvalue weighted by Crippen LogP contribution is -2.08. The second kappa shape index (κ2) is 7.47. The minimum atomic E-state index is -0.774. The zero-order valence-corrected chi connectivity index (χ0v) is 13.2. The summed E-state index contributed by atoms with van der Waals surface area (Å²) < 4.78 is 27.1. The molecule has 0 fully saturated rings. The smallest absolute Gasteiger partial charge is 0.353 e. The SMILES string of the molecule is O=[N+]([O-])c1c(NCc2cccnc2)ncnc1Nc1cc(F)ccc1F. The van der Waals surface area contributed by atoms with E-state index in [0.717, 1.165) is 30.1 Å². The van der Waals surface area contributed by atoms with Crippen LogP contribution in [0.5, 0.6) is 0 Å². The number of pyridine rings is 1. The van der Waals surface area contributed by atoms with Crippen molar-refractivity contribution in [2.45, 2.75) is 6.54 Å². The summed E-state index contributed by atoms with van der Waals surface area (Å²) >= 11 is 0. The first-order valence-electron chi connectivity index (χ1n) is 7.39. The van der Waals surface area contributed by atoms with Gasteiger partial charge in [0.1, 0.15) is 18.0 Å². The summed E-state index contributed by atoms with van der Waals surface area (Å²) in [5.41, 5.74) is 0.0242. The number of nitrogens with zero attached hydrogens (tertiary/aromatic N) is 4. The van der Waals surface area contributed by atoms with Gasteiger partial charge in [-0.3, -0.25) is 15.1 Å². The lowest BCUT2D eigenvalue weighted by molar-refractivity contribution is -0.383. The van der Waals surface area contributed by atoms with Gasteiger partial charge in [0.15, 0.2) is 0 Å². The van der Waals surface area contributed by atoms with E-state index in [4.69, 9.17) is 0 Å². The maximum atomic E-state index is 13.8. The van der Waals surface area contributed by atoms with Crippen LogP contribution in [0.25, 0.3) is 0 Å². The van der Waals surface area contributed by atoms with E-state index in [0.29, 0.717) is 0 Å². The van der Waals surface area contributed by atoms with E-state index in [-0.39, 0.29) is 23.9 Å². The van der Waals surface area contributed by atoms with Crippen LogP contribution in [-0.2, 0) is 6.54 Å². The van der Waals surface area contributed by atoms with Gasteiger partial charge in [-0.2, -0.15) is 0 Å². The number of halogens is 2. The zero-order chi connectivity index (χ0) is 18.5. The molecule has 3 aromatic rings. The number of hydrogen-bond donors (Lipinski definition) is 2. The summed E-state index contributed by atoms with van der Waals surface area (Å²) in [5.74, 6) is -1.79. The number of anilines is 3. The highest BCUT2D eigenvalue weighted by molar-refractivity contribution is 5.73. The average Bonchev–Trinajstić information content (AvgIpc) is 2.63. The van der Waals surface area contributed by atoms with Gasteiger partial charge in [-0.15, -0.1) is 0 Å². The second-order valence-electron chi connectivity index (χ2n) is 5.14. The van der Waals surface area contributed by atoms with Gasteiger partial charge in [0, 0.05) is 25.0 Å². The Kier molecular flexibility index (Phi) is 4.92. The number of aromatic nitrogens is 3. The van der Waals surface area contributed by atoms with E-state index >= 15 is 0 Å². The van der Waals surface area contributed by atoms with Gasteiger partial charge in [-0.25, -0.2) is 18.7 Å². The molecule has 0 saturated carbocycles. The summed E-state index contributed by atoms with van der Waals surface area (Å²) in [6.07, 6.45) is 4.28. The highest BCUT2D eigenvalue weighted by Gasteiger charge is 2.23. The van der Waals surface area contributed by atoms with Gasteiger partial charge in [0.05, 0.1) is 10.6 Å². The first-order chi connectivity index (χ1) is 12.5. The van der Waals surface area contributed by atoms with Crippen LogP contribution < -0.4 is 10.6 Å². The third-order valence-electron chi connectivity index (χ3n) is 3.37. The number of rotatable bonds is 6. The molecule has 0 spiro atoms. The lowest BCUT2D eigenvalue weighted by Gasteiger charge is -2.10. The van der Waals surface area contributed by atoms with Gasteiger partial charge in [0.2, 0.25) is 11.6 Å². The van der Waals surface area contributed by atoms with Gasteiger partial charge >= 0.3 is 5.69 Å². The minimum Gasteiger partial charge on any atom is -0.360 e. The average molecular weight is 358 g/mol. The maximum Gasteiger partial charge on any atom is 0.353 e. The fraction of sp³-hybridized carbons (Fsp3) is 0.0625. The molecular weight excluding hydrogens is 346 g/mol. The Bertz CT molecular complexity index is 939. The molecule has 0 bridgehead atoms. The molecule has 1 aromatic carbocycles. The summed E-state index contributed by atoms with van der Waals surface area (Å²) in [5, 5.41) is 16.7. The van der Waals surface area contributed by atoms with Gasteiger partial charge in [0.25, 0.3) is 0 Å². The highest BCUT2D eigenvalue weighted by Crippen LogP contribution is 2.32. The van der Waals surface area contributed by atoms with Crippen molar-refractivity contribution in [1.82, 2.24) is 15.0 Å². The first-order valence-corrected chi connectivity index (χ1v) is 7.39. The summed E-state index contributed by atoms with van der Waals surface area (Å²) in [4.78, 5) is 22.3. The van der Waals surface area contributed by atoms with Crippen LogP contribution in [0.3, 0.4) is 0 Å². The van der Waals surface area contributed by atoms with Crippen LogP contribution in [0, 0.1) is 21.7 Å². The predicted octanol–water partition coefficient (Wildman–Crippen LogP) is 3.41. The van der Waals surface area contributed by atoms with Crippen molar-refractivity contribution in [2.75, 3.05) is 10.6 Å². The molecule has 0 aliphatic heterocycles. The van der Waals surface area contributed by atoms with Crippen LogP contribution in [0.15, 0.2) is 49.1 Å². The molecule has 10 heteroatoms. The number of hydrogen-bond acceptors (Lipinski definition) is 7. The Morgan fingerprint density at radius 3 is 2.69 bits per heavy atom. The number of benzene rings is 1. The number of nitrogens with one attached hydrogen (secondary N) is 2. The molecule has 0 unspecified atom stereocenters. The zero-order valence-electron chi connectivity index (χ0n) is 13.2. The van der Waals surface area contributed by atoms with Crippen LogP contribution >= 0.6 is 0 Å². The molecule has 2 heterocycles. The van der Waals surface area contributed by atoms with Crippen LogP contribution in [0.1, 0.15) is 5.56 Å². The van der Waals surface area contributed by atoms with Gasteiger partial charge in [-0.05, 0) is 23.8 Å². The van der Waals surface area contributed by atoms with Crippen LogP contribution in [0.2, 0.25) is 0 Å². The molecule has 2 N–H and O–H groups in total. The fourth-order valence-electron chi connectivity index (χ4n) is 2.18. The Morgan fingerprint density at radius 2 is 1.96 bits per heavy atom. The second-order valence-corrected chi connectivity index (χ2v) is 5.14. The largest absolute Gasteiger partial charge is 0.360 e. The molecule has 0 aliphatic carbocycles. The Hall–Kier alpha value is -3.69. The molecule has 0 atom stereocenters. The van der Waals surface area contributed by atoms with Crippen molar-refractivity contribution in [3.63, 3.8) is 0 Å². The summed E-state index contributed by atoms with van der Waals surface area (Å²) in [6.45, 7) is 0.236. The first kappa shape index (κ1) is 17.1. The minimum absolute atomic E-state index is 0.0619. The number of nitro groups is 1. The maximum absolute atomic E-state index is 13.8. The van der Waals surface area contributed by atoms with E-state index in [1.165, 1.54) is 0 Å². The molecule has 2 aromatic heterocycles. The summed E-state index contributed by atoms with van der Waals surface area (Å²) in [6, 6.07) is 6.24. The molecule has 8 nitrogen and oxygen atoms in total. The highest BCUT2D eigenvalue weighted by atomic mass is 19.1. The quantitative estimate of drug-likeness (QED) is 0.514. The predicted molar refractivity (Wildman–Crippen MR) is 89.9 cm³/mol. The van der Waals surface area contributed by atoms with Crippen molar-refractivity contribution in [3.05, 3.63) is 76.4 Å². The topological polar surface area (TPSA) is 106 Å². The van der Waals surface area contributed by atoms with Crippen molar-refractivity contribution in [3.8, 4) is 0 Å². The normalized spacial score (nSPS) is 10.4. The molecule has 26 heavy (non-hydrogen) atoms. The third-order valence-corrected chi connectivity index (χ3v) is 3.37.